The second-order valence-electron chi connectivity index (χ2n) is 10.7. The second-order valence-corrected chi connectivity index (χ2v) is 11.5. The van der Waals surface area contributed by atoms with Crippen LogP contribution in [0.2, 0.25) is 10.0 Å². The molecule has 1 N–H and O–H groups in total. The normalized spacial score (nSPS) is 22.3. The Morgan fingerprint density at radius 3 is 2.54 bits per heavy atom. The van der Waals surface area contributed by atoms with Crippen molar-refractivity contribution in [1.29, 1.82) is 0 Å². The average Bonchev–Trinajstić information content (AvgIpc) is 3.39. The smallest absolute Gasteiger partial charge is 0.410 e. The minimum Gasteiger partial charge on any atom is -0.444 e. The van der Waals surface area contributed by atoms with Crippen LogP contribution in [-0.4, -0.2) is 42.6 Å². The third-order valence-electron chi connectivity index (χ3n) is 7.39. The summed E-state index contributed by atoms with van der Waals surface area (Å²) in [6.07, 6.45) is 1.63. The van der Waals surface area contributed by atoms with Crippen LogP contribution < -0.4 is 10.2 Å². The van der Waals surface area contributed by atoms with E-state index in [1.807, 2.05) is 30.1 Å². The van der Waals surface area contributed by atoms with Crippen molar-refractivity contribution in [1.82, 2.24) is 4.90 Å². The van der Waals surface area contributed by atoms with Gasteiger partial charge in [0.15, 0.2) is 0 Å². The summed E-state index contributed by atoms with van der Waals surface area (Å²) in [7, 11) is 1.85. The molecule has 2 amide bonds. The highest BCUT2D eigenvalue weighted by Crippen LogP contribution is 2.56. The van der Waals surface area contributed by atoms with E-state index in [1.165, 1.54) is 12.1 Å². The topological polar surface area (TPSA) is 61.9 Å². The van der Waals surface area contributed by atoms with Crippen molar-refractivity contribution in [2.75, 3.05) is 30.4 Å². The van der Waals surface area contributed by atoms with E-state index in [0.717, 1.165) is 29.8 Å². The van der Waals surface area contributed by atoms with Gasteiger partial charge in [-0.15, -0.1) is 0 Å². The fourth-order valence-corrected chi connectivity index (χ4v) is 5.86. The molecule has 1 unspecified atom stereocenters. The van der Waals surface area contributed by atoms with Crippen LogP contribution in [0.15, 0.2) is 30.3 Å². The molecule has 5 rings (SSSR count). The van der Waals surface area contributed by atoms with Gasteiger partial charge in [0.25, 0.3) is 0 Å². The standard InChI is InChI=1S/C26H28Cl2FN3O3/c1-24(2,3)35-23(34)32-12-11-26(14-32,20-18(29)8-7-17(27)21(20)28)31(4)15-5-6-16-19(13-15)30-22(33)25(16)9-10-25/h5-8,13H,9-12,14H2,1-4H3,(H,30,33). The van der Waals surface area contributed by atoms with Gasteiger partial charge in [-0.25, -0.2) is 9.18 Å². The molecule has 0 radical (unpaired) electrons. The first-order chi connectivity index (χ1) is 16.4. The van der Waals surface area contributed by atoms with Crippen LogP contribution in [0.4, 0.5) is 20.6 Å². The summed E-state index contributed by atoms with van der Waals surface area (Å²) >= 11 is 12.9. The Bertz CT molecular complexity index is 1240. The van der Waals surface area contributed by atoms with Crippen molar-refractivity contribution >= 4 is 46.6 Å². The molecular formula is C26H28Cl2FN3O3. The first-order valence-electron chi connectivity index (χ1n) is 11.7. The maximum atomic E-state index is 15.4. The Balaban J connectivity index is 1.57. The number of hydrogen-bond donors (Lipinski definition) is 1. The molecule has 1 saturated heterocycles. The van der Waals surface area contributed by atoms with E-state index in [4.69, 9.17) is 27.9 Å². The SMILES string of the molecule is CN(c1ccc2c(c1)NC(=O)C21CC1)C1(c2c(F)ccc(Cl)c2Cl)CCN(C(=O)OC(C)(C)C)C1. The van der Waals surface area contributed by atoms with Crippen LogP contribution in [0.25, 0.3) is 0 Å². The molecule has 2 fully saturated rings. The van der Waals surface area contributed by atoms with E-state index in [2.05, 4.69) is 5.32 Å². The lowest BCUT2D eigenvalue weighted by atomic mass is 9.86. The number of anilines is 2. The number of halogens is 3. The lowest BCUT2D eigenvalue weighted by molar-refractivity contribution is -0.117. The Labute approximate surface area is 214 Å². The molecule has 2 aromatic rings. The van der Waals surface area contributed by atoms with Crippen molar-refractivity contribution in [2.45, 2.75) is 56.6 Å². The summed E-state index contributed by atoms with van der Waals surface area (Å²) in [5, 5.41) is 3.36. The number of amides is 2. The second kappa shape index (κ2) is 8.00. The fourth-order valence-electron chi connectivity index (χ4n) is 5.37. The molecule has 9 heteroatoms. The molecule has 6 nitrogen and oxygen atoms in total. The minimum atomic E-state index is -1.00. The number of carbonyl (C=O) groups is 2. The third kappa shape index (κ3) is 3.84. The average molecular weight is 520 g/mol. The van der Waals surface area contributed by atoms with E-state index >= 15 is 4.39 Å². The van der Waals surface area contributed by atoms with Gasteiger partial charge in [0.2, 0.25) is 5.91 Å². The molecule has 0 aromatic heterocycles. The van der Waals surface area contributed by atoms with Gasteiger partial charge in [0.05, 0.1) is 27.5 Å². The predicted molar refractivity (Wildman–Crippen MR) is 135 cm³/mol. The number of carbonyl (C=O) groups excluding carboxylic acids is 2. The number of hydrogen-bond acceptors (Lipinski definition) is 4. The number of nitrogens with zero attached hydrogens (tertiary/aromatic N) is 2. The van der Waals surface area contributed by atoms with E-state index in [-0.39, 0.29) is 28.1 Å². The molecule has 1 spiro atoms. The van der Waals surface area contributed by atoms with Gasteiger partial charge in [-0.05, 0) is 69.9 Å². The van der Waals surface area contributed by atoms with Crippen molar-refractivity contribution in [3.8, 4) is 0 Å². The van der Waals surface area contributed by atoms with Crippen molar-refractivity contribution < 1.29 is 18.7 Å². The van der Waals surface area contributed by atoms with Gasteiger partial charge in [0.1, 0.15) is 11.4 Å². The molecule has 1 saturated carbocycles. The maximum Gasteiger partial charge on any atom is 0.410 e. The highest BCUT2D eigenvalue weighted by atomic mass is 35.5. The van der Waals surface area contributed by atoms with Crippen LogP contribution in [0, 0.1) is 5.82 Å². The zero-order valence-electron chi connectivity index (χ0n) is 20.2. The van der Waals surface area contributed by atoms with Crippen LogP contribution >= 0.6 is 23.2 Å². The molecule has 3 aliphatic rings. The number of likely N-dealkylation sites (N-methyl/N-ethyl adjacent to an activating group) is 1. The number of likely N-dealkylation sites (tertiary alicyclic amines) is 1. The number of ether oxygens (including phenoxy) is 1. The molecule has 1 aliphatic carbocycles. The molecule has 2 aromatic carbocycles. The zero-order valence-corrected chi connectivity index (χ0v) is 21.7. The number of benzene rings is 2. The maximum absolute atomic E-state index is 15.4. The van der Waals surface area contributed by atoms with Crippen molar-refractivity contribution in [3.05, 3.63) is 57.3 Å². The van der Waals surface area contributed by atoms with Crippen molar-refractivity contribution in [3.63, 3.8) is 0 Å². The number of fused-ring (bicyclic) bond motifs is 2. The number of rotatable bonds is 3. The molecule has 2 aliphatic heterocycles. The summed E-state index contributed by atoms with van der Waals surface area (Å²) in [5.74, 6) is -0.466. The minimum absolute atomic E-state index is 0.0305. The fraction of sp³-hybridized carbons (Fsp3) is 0.462. The molecule has 35 heavy (non-hydrogen) atoms. The monoisotopic (exact) mass is 519 g/mol. The van der Waals surface area contributed by atoms with Crippen LogP contribution in [0.3, 0.4) is 0 Å². The van der Waals surface area contributed by atoms with Crippen molar-refractivity contribution in [2.24, 2.45) is 0 Å². The first kappa shape index (κ1) is 24.2. The largest absolute Gasteiger partial charge is 0.444 e. The van der Waals surface area contributed by atoms with E-state index in [1.54, 1.807) is 25.7 Å². The van der Waals surface area contributed by atoms with Gasteiger partial charge in [-0.2, -0.15) is 0 Å². The number of nitrogens with one attached hydrogen (secondary N) is 1. The highest BCUT2D eigenvalue weighted by molar-refractivity contribution is 6.42. The summed E-state index contributed by atoms with van der Waals surface area (Å²) in [4.78, 5) is 29.0. The molecular weight excluding hydrogens is 492 g/mol. The molecule has 1 atom stereocenters. The van der Waals surface area contributed by atoms with Gasteiger partial charge < -0.3 is 19.9 Å². The van der Waals surface area contributed by atoms with E-state index in [9.17, 15) is 9.59 Å². The van der Waals surface area contributed by atoms with E-state index in [0.29, 0.717) is 13.0 Å². The molecule has 2 heterocycles. The van der Waals surface area contributed by atoms with Crippen LogP contribution in [-0.2, 0) is 20.5 Å². The molecule has 186 valence electrons. The van der Waals surface area contributed by atoms with Gasteiger partial charge in [-0.3, -0.25) is 4.79 Å². The molecule has 0 bridgehead atoms. The lowest BCUT2D eigenvalue weighted by Crippen LogP contribution is -2.48. The predicted octanol–water partition coefficient (Wildman–Crippen LogP) is 6.09. The van der Waals surface area contributed by atoms with Gasteiger partial charge >= 0.3 is 6.09 Å². The highest BCUT2D eigenvalue weighted by Gasteiger charge is 2.56. The first-order valence-corrected chi connectivity index (χ1v) is 12.5. The zero-order chi connectivity index (χ0) is 25.3. The third-order valence-corrected chi connectivity index (χ3v) is 8.19. The lowest BCUT2D eigenvalue weighted by Gasteiger charge is -2.41. The Kier molecular flexibility index (Phi) is 5.53. The van der Waals surface area contributed by atoms with Gasteiger partial charge in [-0.1, -0.05) is 29.3 Å². The van der Waals surface area contributed by atoms with Crippen LogP contribution in [0.5, 0.6) is 0 Å². The Hall–Kier alpha value is -2.51. The summed E-state index contributed by atoms with van der Waals surface area (Å²) in [6, 6.07) is 8.55. The Morgan fingerprint density at radius 1 is 1.17 bits per heavy atom. The van der Waals surface area contributed by atoms with Crippen LogP contribution in [0.1, 0.15) is 51.2 Å². The Morgan fingerprint density at radius 2 is 1.89 bits per heavy atom. The quantitative estimate of drug-likeness (QED) is 0.498. The summed E-state index contributed by atoms with van der Waals surface area (Å²) in [6.45, 7) is 5.92. The summed E-state index contributed by atoms with van der Waals surface area (Å²) < 4.78 is 21.0. The summed E-state index contributed by atoms with van der Waals surface area (Å²) in [5.41, 5.74) is 0.718. The van der Waals surface area contributed by atoms with Gasteiger partial charge in [0, 0.05) is 30.5 Å². The van der Waals surface area contributed by atoms with E-state index < -0.39 is 28.5 Å².